The maximum Gasteiger partial charge on any atom is 0.306 e. The third-order valence-electron chi connectivity index (χ3n) is 10.6. The number of carbonyl (C=O) groups excluding carboxylic acids is 3. The molecular weight excluding hydrogens is 781 g/mol. The highest BCUT2D eigenvalue weighted by Gasteiger charge is 2.19. The van der Waals surface area contributed by atoms with Crippen LogP contribution in [0.2, 0.25) is 0 Å². The molecule has 0 aromatic rings. The van der Waals surface area contributed by atoms with Crippen molar-refractivity contribution in [3.63, 3.8) is 0 Å². The van der Waals surface area contributed by atoms with Crippen LogP contribution in [0.5, 0.6) is 0 Å². The molecule has 0 bridgehead atoms. The molecule has 0 saturated heterocycles. The Balaban J connectivity index is 4.56. The smallest absolute Gasteiger partial charge is 0.306 e. The maximum atomic E-state index is 12.8. The number of unbranched alkanes of at least 4 members (excludes halogenated alkanes) is 18. The highest BCUT2D eigenvalue weighted by Crippen LogP contribution is 2.13. The van der Waals surface area contributed by atoms with Crippen LogP contribution in [0.15, 0.2) is 97.2 Å². The average molecular weight is 875 g/mol. The van der Waals surface area contributed by atoms with Crippen LogP contribution in [0.25, 0.3) is 0 Å². The lowest BCUT2D eigenvalue weighted by atomic mass is 10.1. The molecule has 63 heavy (non-hydrogen) atoms. The monoisotopic (exact) mass is 875 g/mol. The normalized spacial score (nSPS) is 12.9. The number of allylic oxidation sites excluding steroid dienone is 16. The lowest BCUT2D eigenvalue weighted by Crippen LogP contribution is -2.30. The fraction of sp³-hybridized carbons (Fsp3) is 0.667. The van der Waals surface area contributed by atoms with E-state index in [0.29, 0.717) is 19.3 Å². The molecule has 6 nitrogen and oxygen atoms in total. The van der Waals surface area contributed by atoms with Crippen LogP contribution in [-0.4, -0.2) is 37.2 Å². The Morgan fingerprint density at radius 2 is 0.587 bits per heavy atom. The molecule has 0 aliphatic carbocycles. The molecule has 0 saturated carbocycles. The minimum absolute atomic E-state index is 0.116. The molecule has 0 rings (SSSR count). The summed E-state index contributed by atoms with van der Waals surface area (Å²) in [5.74, 6) is -1.04. The molecule has 0 radical (unpaired) electrons. The van der Waals surface area contributed by atoms with E-state index in [1.165, 1.54) is 103 Å². The van der Waals surface area contributed by atoms with Gasteiger partial charge < -0.3 is 14.2 Å². The van der Waals surface area contributed by atoms with E-state index in [4.69, 9.17) is 14.2 Å². The third kappa shape index (κ3) is 49.2. The van der Waals surface area contributed by atoms with Crippen LogP contribution in [0, 0.1) is 0 Å². The van der Waals surface area contributed by atoms with Gasteiger partial charge in [-0.2, -0.15) is 0 Å². The van der Waals surface area contributed by atoms with Crippen LogP contribution in [0.3, 0.4) is 0 Å². The Kier molecular flexibility index (Phi) is 48.0. The van der Waals surface area contributed by atoms with Crippen molar-refractivity contribution < 1.29 is 28.6 Å². The van der Waals surface area contributed by atoms with Gasteiger partial charge in [0, 0.05) is 19.3 Å². The van der Waals surface area contributed by atoms with Crippen LogP contribution in [0.4, 0.5) is 0 Å². The van der Waals surface area contributed by atoms with Gasteiger partial charge in [-0.15, -0.1) is 0 Å². The van der Waals surface area contributed by atoms with Gasteiger partial charge in [-0.25, -0.2) is 0 Å². The van der Waals surface area contributed by atoms with Crippen molar-refractivity contribution >= 4 is 17.9 Å². The summed E-state index contributed by atoms with van der Waals surface area (Å²) in [6.07, 6.45) is 66.8. The minimum Gasteiger partial charge on any atom is -0.462 e. The second-order valence-electron chi connectivity index (χ2n) is 16.7. The Labute approximate surface area is 387 Å². The van der Waals surface area contributed by atoms with Crippen molar-refractivity contribution in [3.05, 3.63) is 97.2 Å². The molecule has 0 amide bonds. The summed E-state index contributed by atoms with van der Waals surface area (Å²) in [4.78, 5) is 37.9. The predicted molar refractivity (Wildman–Crippen MR) is 270 cm³/mol. The molecule has 1 atom stereocenters. The SMILES string of the molecule is CCCCC/C=C\C/C=C\C/C=C\C/C=C\CCCC(=O)OC[C@H](COC(=O)CCCCCCCCCCCCC)OC(=O)CCC/C=C\C/C=C\C/C=C\C/C=C\CCCCC. The van der Waals surface area contributed by atoms with E-state index in [1.54, 1.807) is 0 Å². The number of esters is 3. The topological polar surface area (TPSA) is 78.9 Å². The molecule has 0 fully saturated rings. The van der Waals surface area contributed by atoms with Gasteiger partial charge in [0.05, 0.1) is 0 Å². The van der Waals surface area contributed by atoms with E-state index >= 15 is 0 Å². The highest BCUT2D eigenvalue weighted by molar-refractivity contribution is 5.71. The first-order valence-electron chi connectivity index (χ1n) is 25.7. The van der Waals surface area contributed by atoms with E-state index in [9.17, 15) is 14.4 Å². The lowest BCUT2D eigenvalue weighted by molar-refractivity contribution is -0.167. The summed E-state index contributed by atoms with van der Waals surface area (Å²) in [5, 5.41) is 0. The highest BCUT2D eigenvalue weighted by atomic mass is 16.6. The lowest BCUT2D eigenvalue weighted by Gasteiger charge is -2.18. The van der Waals surface area contributed by atoms with E-state index in [-0.39, 0.29) is 44.0 Å². The molecule has 0 aliphatic heterocycles. The number of ether oxygens (including phenoxy) is 3. The summed E-state index contributed by atoms with van der Waals surface area (Å²) in [7, 11) is 0. The zero-order valence-electron chi connectivity index (χ0n) is 40.8. The predicted octanol–water partition coefficient (Wildman–Crippen LogP) is 17.0. The minimum atomic E-state index is -0.826. The molecule has 0 spiro atoms. The second-order valence-corrected chi connectivity index (χ2v) is 16.7. The number of hydrogen-bond acceptors (Lipinski definition) is 6. The summed E-state index contributed by atoms with van der Waals surface area (Å²) >= 11 is 0. The van der Waals surface area contributed by atoms with Crippen molar-refractivity contribution in [3.8, 4) is 0 Å². The fourth-order valence-electron chi connectivity index (χ4n) is 6.66. The van der Waals surface area contributed by atoms with Gasteiger partial charge in [-0.05, 0) is 96.3 Å². The number of rotatable bonds is 45. The first-order chi connectivity index (χ1) is 31.0. The van der Waals surface area contributed by atoms with Crippen molar-refractivity contribution in [2.24, 2.45) is 0 Å². The zero-order valence-corrected chi connectivity index (χ0v) is 40.8. The molecule has 0 heterocycles. The quantitative estimate of drug-likeness (QED) is 0.0262. The van der Waals surface area contributed by atoms with Crippen molar-refractivity contribution in [2.75, 3.05) is 13.2 Å². The van der Waals surface area contributed by atoms with Gasteiger partial charge in [-0.1, -0.05) is 208 Å². The summed E-state index contributed by atoms with van der Waals surface area (Å²) in [5.41, 5.74) is 0. The fourth-order valence-corrected chi connectivity index (χ4v) is 6.66. The molecule has 0 N–H and O–H groups in total. The third-order valence-corrected chi connectivity index (χ3v) is 10.6. The van der Waals surface area contributed by atoms with Crippen LogP contribution < -0.4 is 0 Å². The first kappa shape index (κ1) is 59.3. The maximum absolute atomic E-state index is 12.8. The van der Waals surface area contributed by atoms with Gasteiger partial charge >= 0.3 is 17.9 Å². The largest absolute Gasteiger partial charge is 0.462 e. The molecule has 0 unspecified atom stereocenters. The van der Waals surface area contributed by atoms with Crippen LogP contribution in [0.1, 0.15) is 226 Å². The zero-order chi connectivity index (χ0) is 45.8. The standard InChI is InChI=1S/C57H94O6/c1-4-7-10-13-16-19-22-24-26-28-30-32-35-38-41-44-47-50-56(59)62-53-54(52-61-55(58)49-46-43-40-37-34-21-18-15-12-9-6-3)63-57(60)51-48-45-42-39-36-33-31-29-27-25-23-20-17-14-11-8-5-2/h16-17,19-20,24-27,30-33,38-39,41-42,54H,4-15,18,21-23,28-29,34-37,40,43-53H2,1-3H3/b19-16-,20-17-,26-24-,27-25-,32-30-,33-31-,41-38-,42-39-/t54-/m0/s1. The number of hydrogen-bond donors (Lipinski definition) is 0. The first-order valence-corrected chi connectivity index (χ1v) is 25.7. The van der Waals surface area contributed by atoms with E-state index < -0.39 is 6.10 Å². The molecular formula is C57H94O6. The Hall–Kier alpha value is -3.67. The van der Waals surface area contributed by atoms with Gasteiger partial charge in [0.15, 0.2) is 6.10 Å². The van der Waals surface area contributed by atoms with Crippen molar-refractivity contribution in [2.45, 2.75) is 232 Å². The van der Waals surface area contributed by atoms with Crippen molar-refractivity contribution in [1.82, 2.24) is 0 Å². The van der Waals surface area contributed by atoms with E-state index in [1.807, 2.05) is 0 Å². The van der Waals surface area contributed by atoms with E-state index in [0.717, 1.165) is 70.6 Å². The number of carbonyl (C=O) groups is 3. The second kappa shape index (κ2) is 51.0. The molecule has 358 valence electrons. The summed E-state index contributed by atoms with van der Waals surface area (Å²) in [6, 6.07) is 0. The van der Waals surface area contributed by atoms with E-state index in [2.05, 4.69) is 118 Å². The Morgan fingerprint density at radius 1 is 0.317 bits per heavy atom. The van der Waals surface area contributed by atoms with Gasteiger partial charge in [0.1, 0.15) is 13.2 Å². The average Bonchev–Trinajstić information content (AvgIpc) is 3.28. The van der Waals surface area contributed by atoms with Crippen LogP contribution >= 0.6 is 0 Å². The molecule has 6 heteroatoms. The van der Waals surface area contributed by atoms with Gasteiger partial charge in [0.25, 0.3) is 0 Å². The van der Waals surface area contributed by atoms with Gasteiger partial charge in [0.2, 0.25) is 0 Å². The van der Waals surface area contributed by atoms with Crippen molar-refractivity contribution in [1.29, 1.82) is 0 Å². The Morgan fingerprint density at radius 3 is 0.952 bits per heavy atom. The molecule has 0 aliphatic rings. The van der Waals surface area contributed by atoms with Crippen LogP contribution in [-0.2, 0) is 28.6 Å². The summed E-state index contributed by atoms with van der Waals surface area (Å²) < 4.78 is 16.7. The molecule has 0 aromatic carbocycles. The molecule has 0 aromatic heterocycles. The summed E-state index contributed by atoms with van der Waals surface area (Å²) in [6.45, 7) is 6.47. The van der Waals surface area contributed by atoms with Gasteiger partial charge in [-0.3, -0.25) is 14.4 Å². The Bertz CT molecular complexity index is 1280.